The molecule has 0 aliphatic carbocycles. The van der Waals surface area contributed by atoms with E-state index in [9.17, 15) is 9.18 Å². The van der Waals surface area contributed by atoms with Gasteiger partial charge in [0.1, 0.15) is 5.82 Å². The third-order valence-corrected chi connectivity index (χ3v) is 5.64. The summed E-state index contributed by atoms with van der Waals surface area (Å²) in [7, 11) is 3.06. The lowest BCUT2D eigenvalue weighted by Crippen LogP contribution is -2.32. The summed E-state index contributed by atoms with van der Waals surface area (Å²) in [5, 5.41) is 4.21. The summed E-state index contributed by atoms with van der Waals surface area (Å²) in [5.74, 6) is 0.992. The van der Waals surface area contributed by atoms with Gasteiger partial charge in [0.05, 0.1) is 7.11 Å². The van der Waals surface area contributed by atoms with Crippen LogP contribution in [0.3, 0.4) is 0 Å². The summed E-state index contributed by atoms with van der Waals surface area (Å²) in [6, 6.07) is 6.88. The van der Waals surface area contributed by atoms with Gasteiger partial charge in [-0.05, 0) is 36.2 Å². The van der Waals surface area contributed by atoms with Crippen LogP contribution in [0.1, 0.15) is 16.8 Å². The zero-order valence-electron chi connectivity index (χ0n) is 17.5. The molecule has 8 nitrogen and oxygen atoms in total. The van der Waals surface area contributed by atoms with Gasteiger partial charge >= 0.3 is 5.69 Å². The number of anilines is 1. The average molecular weight is 420 g/mol. The number of aromatic nitrogens is 5. The molecule has 0 radical (unpaired) electrons. The molecule has 31 heavy (non-hydrogen) atoms. The number of pyridine rings is 1. The zero-order chi connectivity index (χ0) is 21.7. The normalized spacial score (nSPS) is 13.5. The number of fused-ring (bicyclic) bond motifs is 2. The SMILES string of the molecule is COc1cc(-c2cnc3c(c2)CN(c2nc4nn(C)c(=O)n4cc2C)CC3)ccc1F. The van der Waals surface area contributed by atoms with Gasteiger partial charge in [0.2, 0.25) is 0 Å². The molecular formula is C22H21FN6O2. The lowest BCUT2D eigenvalue weighted by atomic mass is 10.00. The molecule has 4 aromatic rings. The molecule has 0 amide bonds. The maximum Gasteiger partial charge on any atom is 0.351 e. The number of aryl methyl sites for hydroxylation is 2. The standard InChI is InChI=1S/C22H21FN6O2/c1-13-11-29-21(26-27(2)22(29)30)25-20(13)28-7-6-18-16(12-28)8-15(10-24-18)14-4-5-17(23)19(9-14)31-3/h4-5,8-11H,6-7,12H2,1-3H3. The van der Waals surface area contributed by atoms with Crippen molar-refractivity contribution in [3.63, 3.8) is 0 Å². The summed E-state index contributed by atoms with van der Waals surface area (Å²) in [6.07, 6.45) is 4.38. The molecule has 0 saturated carbocycles. The Hall–Kier alpha value is -3.75. The van der Waals surface area contributed by atoms with Crippen molar-refractivity contribution in [2.45, 2.75) is 19.9 Å². The van der Waals surface area contributed by atoms with Crippen LogP contribution in [-0.4, -0.2) is 37.8 Å². The van der Waals surface area contributed by atoms with Crippen molar-refractivity contribution in [3.05, 3.63) is 69.8 Å². The lowest BCUT2D eigenvalue weighted by molar-refractivity contribution is 0.387. The highest BCUT2D eigenvalue weighted by atomic mass is 19.1. The molecule has 0 spiro atoms. The third-order valence-electron chi connectivity index (χ3n) is 5.64. The fraction of sp³-hybridized carbons (Fsp3) is 0.273. The Morgan fingerprint density at radius 1 is 1.19 bits per heavy atom. The molecule has 158 valence electrons. The summed E-state index contributed by atoms with van der Waals surface area (Å²) >= 11 is 0. The van der Waals surface area contributed by atoms with Crippen molar-refractivity contribution in [2.75, 3.05) is 18.6 Å². The van der Waals surface area contributed by atoms with E-state index in [0.717, 1.165) is 46.7 Å². The number of halogens is 1. The second kappa shape index (κ2) is 7.19. The van der Waals surface area contributed by atoms with E-state index in [1.165, 1.54) is 22.3 Å². The van der Waals surface area contributed by atoms with E-state index in [2.05, 4.69) is 26.0 Å². The largest absolute Gasteiger partial charge is 0.494 e. The molecule has 3 aromatic heterocycles. The molecule has 1 aliphatic rings. The van der Waals surface area contributed by atoms with Gasteiger partial charge in [0.25, 0.3) is 5.78 Å². The first-order chi connectivity index (χ1) is 14.9. The molecule has 0 atom stereocenters. The molecule has 0 saturated heterocycles. The Morgan fingerprint density at radius 3 is 2.84 bits per heavy atom. The molecular weight excluding hydrogens is 399 g/mol. The molecule has 1 aromatic carbocycles. The van der Waals surface area contributed by atoms with Gasteiger partial charge in [-0.15, -0.1) is 5.10 Å². The maximum absolute atomic E-state index is 13.8. The highest BCUT2D eigenvalue weighted by molar-refractivity contribution is 5.66. The summed E-state index contributed by atoms with van der Waals surface area (Å²) in [4.78, 5) is 23.6. The number of ether oxygens (including phenoxy) is 1. The predicted octanol–water partition coefficient (Wildman–Crippen LogP) is 2.51. The molecule has 0 unspecified atom stereocenters. The predicted molar refractivity (Wildman–Crippen MR) is 114 cm³/mol. The smallest absolute Gasteiger partial charge is 0.351 e. The number of methoxy groups -OCH3 is 1. The number of rotatable bonds is 3. The van der Waals surface area contributed by atoms with Gasteiger partial charge in [-0.25, -0.2) is 18.3 Å². The van der Waals surface area contributed by atoms with Crippen molar-refractivity contribution in [2.24, 2.45) is 7.05 Å². The Kier molecular flexibility index (Phi) is 4.46. The third kappa shape index (κ3) is 3.22. The van der Waals surface area contributed by atoms with E-state index in [0.29, 0.717) is 12.3 Å². The Balaban J connectivity index is 1.50. The van der Waals surface area contributed by atoms with Crippen LogP contribution in [0.4, 0.5) is 10.2 Å². The second-order valence-corrected chi connectivity index (χ2v) is 7.67. The number of nitrogens with zero attached hydrogens (tertiary/aromatic N) is 6. The monoisotopic (exact) mass is 420 g/mol. The van der Waals surface area contributed by atoms with E-state index >= 15 is 0 Å². The highest BCUT2D eigenvalue weighted by Crippen LogP contribution is 2.30. The second-order valence-electron chi connectivity index (χ2n) is 7.67. The van der Waals surface area contributed by atoms with Crippen LogP contribution < -0.4 is 15.3 Å². The Labute approximate surface area is 177 Å². The van der Waals surface area contributed by atoms with E-state index in [4.69, 9.17) is 4.74 Å². The van der Waals surface area contributed by atoms with Gasteiger partial charge in [0, 0.05) is 55.8 Å². The molecule has 4 heterocycles. The van der Waals surface area contributed by atoms with E-state index in [-0.39, 0.29) is 11.4 Å². The minimum atomic E-state index is -0.395. The van der Waals surface area contributed by atoms with Crippen LogP contribution in [-0.2, 0) is 20.0 Å². The minimum Gasteiger partial charge on any atom is -0.494 e. The first kappa shape index (κ1) is 19.2. The fourth-order valence-corrected chi connectivity index (χ4v) is 4.01. The zero-order valence-corrected chi connectivity index (χ0v) is 17.5. The van der Waals surface area contributed by atoms with Gasteiger partial charge in [-0.3, -0.25) is 4.98 Å². The van der Waals surface area contributed by atoms with Crippen LogP contribution in [0.2, 0.25) is 0 Å². The number of benzene rings is 1. The minimum absolute atomic E-state index is 0.204. The summed E-state index contributed by atoms with van der Waals surface area (Å²) < 4.78 is 21.6. The number of hydrogen-bond donors (Lipinski definition) is 0. The number of hydrogen-bond acceptors (Lipinski definition) is 6. The first-order valence-corrected chi connectivity index (χ1v) is 9.94. The molecule has 1 aliphatic heterocycles. The summed E-state index contributed by atoms with van der Waals surface area (Å²) in [6.45, 7) is 3.34. The van der Waals surface area contributed by atoms with Gasteiger partial charge in [0.15, 0.2) is 11.6 Å². The Bertz CT molecular complexity index is 1380. The quantitative estimate of drug-likeness (QED) is 0.507. The van der Waals surface area contributed by atoms with Crippen LogP contribution >= 0.6 is 0 Å². The average Bonchev–Trinajstić information content (AvgIpc) is 3.05. The van der Waals surface area contributed by atoms with Crippen LogP contribution in [0.25, 0.3) is 16.9 Å². The van der Waals surface area contributed by atoms with Crippen LogP contribution in [0.5, 0.6) is 5.75 Å². The van der Waals surface area contributed by atoms with E-state index < -0.39 is 5.82 Å². The lowest BCUT2D eigenvalue weighted by Gasteiger charge is -2.30. The molecule has 0 fully saturated rings. The molecule has 5 rings (SSSR count). The summed E-state index contributed by atoms with van der Waals surface area (Å²) in [5.41, 5.74) is 4.56. The van der Waals surface area contributed by atoms with E-state index in [1.54, 1.807) is 25.4 Å². The van der Waals surface area contributed by atoms with Gasteiger partial charge in [-0.1, -0.05) is 6.07 Å². The molecule has 9 heteroatoms. The van der Waals surface area contributed by atoms with E-state index in [1.807, 2.05) is 13.1 Å². The first-order valence-electron chi connectivity index (χ1n) is 9.94. The maximum atomic E-state index is 13.8. The van der Waals surface area contributed by atoms with Crippen molar-refractivity contribution >= 4 is 11.6 Å². The van der Waals surface area contributed by atoms with Crippen LogP contribution in [0.15, 0.2) is 41.5 Å². The fourth-order valence-electron chi connectivity index (χ4n) is 4.01. The van der Waals surface area contributed by atoms with Crippen LogP contribution in [0, 0.1) is 12.7 Å². The van der Waals surface area contributed by atoms with Crippen molar-refractivity contribution in [1.82, 2.24) is 24.1 Å². The van der Waals surface area contributed by atoms with Crippen molar-refractivity contribution in [1.29, 1.82) is 0 Å². The molecule has 0 N–H and O–H groups in total. The van der Waals surface area contributed by atoms with Crippen molar-refractivity contribution in [3.8, 4) is 16.9 Å². The van der Waals surface area contributed by atoms with Gasteiger partial charge in [-0.2, -0.15) is 4.98 Å². The Morgan fingerprint density at radius 2 is 2.03 bits per heavy atom. The highest BCUT2D eigenvalue weighted by Gasteiger charge is 2.22. The van der Waals surface area contributed by atoms with Gasteiger partial charge < -0.3 is 9.64 Å². The van der Waals surface area contributed by atoms with Crippen molar-refractivity contribution < 1.29 is 9.13 Å². The topological polar surface area (TPSA) is 77.5 Å². The molecule has 0 bridgehead atoms.